The normalized spacial score (nSPS) is 7.80. The largest absolute Gasteiger partial charge is 0.376 e. The van der Waals surface area contributed by atoms with E-state index in [1.807, 2.05) is 6.82 Å². The zero-order valence-electron chi connectivity index (χ0n) is 2.81. The van der Waals surface area contributed by atoms with E-state index in [0.29, 0.717) is 0 Å². The SMILES string of the molecule is CB(I)OS. The fourth-order valence-corrected chi connectivity index (χ4v) is 0. The van der Waals surface area contributed by atoms with E-state index in [-0.39, 0.29) is 4.77 Å². The molecule has 0 amide bonds. The van der Waals surface area contributed by atoms with Crippen LogP contribution in [0.25, 0.3) is 0 Å². The van der Waals surface area contributed by atoms with Crippen molar-refractivity contribution in [3.8, 4) is 0 Å². The summed E-state index contributed by atoms with van der Waals surface area (Å²) < 4.78 is 4.65. The molecule has 0 heterocycles. The molecule has 4 heteroatoms. The van der Waals surface area contributed by atoms with Gasteiger partial charge in [-0.05, 0) is 19.7 Å². The summed E-state index contributed by atoms with van der Waals surface area (Å²) in [6.45, 7) is 1.91. The van der Waals surface area contributed by atoms with E-state index < -0.39 is 0 Å². The monoisotopic (exact) mass is 202 g/mol. The van der Waals surface area contributed by atoms with Crippen LogP contribution in [0.5, 0.6) is 0 Å². The molecule has 5 heavy (non-hydrogen) atoms. The zero-order chi connectivity index (χ0) is 4.28. The third kappa shape index (κ3) is 5.10. The predicted octanol–water partition coefficient (Wildman–Crippen LogP) is 1.40. The van der Waals surface area contributed by atoms with Gasteiger partial charge in [-0.15, -0.1) is 22.4 Å². The van der Waals surface area contributed by atoms with E-state index in [2.05, 4.69) is 39.4 Å². The van der Waals surface area contributed by atoms with Crippen molar-refractivity contribution >= 4 is 40.1 Å². The summed E-state index contributed by atoms with van der Waals surface area (Å²) in [7, 11) is 0. The number of thiol groups is 1. The van der Waals surface area contributed by atoms with Crippen molar-refractivity contribution in [2.45, 2.75) is 6.82 Å². The molecule has 0 aromatic heterocycles. The fraction of sp³-hybridized carbons (Fsp3) is 1.00. The standard InChI is InChI=1S/CH4BIOS/c1-2(3)4-5/h5H,1H3. The van der Waals surface area contributed by atoms with Crippen LogP contribution in [-0.4, -0.2) is 4.77 Å². The fourth-order valence-electron chi connectivity index (χ4n) is 0. The summed E-state index contributed by atoms with van der Waals surface area (Å²) in [5.41, 5.74) is 0. The Morgan fingerprint density at radius 3 is 2.20 bits per heavy atom. The number of halogens is 1. The van der Waals surface area contributed by atoms with Crippen LogP contribution in [0.1, 0.15) is 0 Å². The van der Waals surface area contributed by atoms with Gasteiger partial charge in [0.05, 0.1) is 0 Å². The van der Waals surface area contributed by atoms with Crippen molar-refractivity contribution < 1.29 is 4.10 Å². The smallest absolute Gasteiger partial charge is 0.364 e. The summed E-state index contributed by atoms with van der Waals surface area (Å²) in [6.07, 6.45) is 0. The van der Waals surface area contributed by atoms with E-state index in [4.69, 9.17) is 0 Å². The van der Waals surface area contributed by atoms with Crippen LogP contribution < -0.4 is 0 Å². The topological polar surface area (TPSA) is 9.23 Å². The van der Waals surface area contributed by atoms with Gasteiger partial charge in [-0.2, -0.15) is 0 Å². The molecule has 0 aromatic rings. The second-order valence-corrected chi connectivity index (χ2v) is 2.61. The molecule has 0 aliphatic carbocycles. The van der Waals surface area contributed by atoms with E-state index >= 15 is 0 Å². The lowest BCUT2D eigenvalue weighted by molar-refractivity contribution is 0.716. The van der Waals surface area contributed by atoms with Gasteiger partial charge in [0.25, 0.3) is 0 Å². The summed E-state index contributed by atoms with van der Waals surface area (Å²) in [4.78, 5) is 0. The van der Waals surface area contributed by atoms with Crippen molar-refractivity contribution in [1.29, 1.82) is 0 Å². The maximum absolute atomic E-state index is 4.43. The van der Waals surface area contributed by atoms with Gasteiger partial charge in [0.15, 0.2) is 0 Å². The molecule has 0 aliphatic rings. The van der Waals surface area contributed by atoms with Crippen molar-refractivity contribution in [3.63, 3.8) is 0 Å². The van der Waals surface area contributed by atoms with Gasteiger partial charge in [-0.25, -0.2) is 0 Å². The summed E-state index contributed by atoms with van der Waals surface area (Å²) in [5, 5.41) is 0. The van der Waals surface area contributed by atoms with Crippen LogP contribution in [0, 0.1) is 0 Å². The molecule has 0 atom stereocenters. The molecular weight excluding hydrogens is 198 g/mol. The Morgan fingerprint density at radius 2 is 2.20 bits per heavy atom. The van der Waals surface area contributed by atoms with E-state index in [0.717, 1.165) is 0 Å². The lowest BCUT2D eigenvalue weighted by atomic mass is 10.1. The molecule has 0 unspecified atom stereocenters. The van der Waals surface area contributed by atoms with Gasteiger partial charge in [0.1, 0.15) is 0 Å². The van der Waals surface area contributed by atoms with Crippen LogP contribution in [0.15, 0.2) is 0 Å². The third-order valence-corrected chi connectivity index (χ3v) is 1.12. The molecule has 0 aliphatic heterocycles. The van der Waals surface area contributed by atoms with Gasteiger partial charge in [0.2, 0.25) is 0 Å². The Morgan fingerprint density at radius 1 is 2.00 bits per heavy atom. The number of rotatable bonds is 1. The highest BCUT2D eigenvalue weighted by molar-refractivity contribution is 14.1. The molecular formula is CH4BIOS. The van der Waals surface area contributed by atoms with E-state index in [9.17, 15) is 0 Å². The molecule has 1 nitrogen and oxygen atoms in total. The number of hydrogen-bond acceptors (Lipinski definition) is 2. The summed E-state index contributed by atoms with van der Waals surface area (Å²) >= 11 is 5.62. The first kappa shape index (κ1) is 6.10. The Hall–Kier alpha value is 1.10. The molecule has 0 spiro atoms. The van der Waals surface area contributed by atoms with Gasteiger partial charge < -0.3 is 4.10 Å². The first-order valence-electron chi connectivity index (χ1n) is 1.21. The van der Waals surface area contributed by atoms with Crippen molar-refractivity contribution in [2.24, 2.45) is 0 Å². The molecule has 0 radical (unpaired) electrons. The van der Waals surface area contributed by atoms with E-state index in [1.165, 1.54) is 0 Å². The molecule has 0 saturated heterocycles. The Labute approximate surface area is 51.1 Å². The first-order chi connectivity index (χ1) is 2.27. The summed E-state index contributed by atoms with van der Waals surface area (Å²) in [5.74, 6) is 0. The molecule has 30 valence electrons. The molecule has 0 fully saturated rings. The summed E-state index contributed by atoms with van der Waals surface area (Å²) in [6, 6.07) is 0. The first-order valence-corrected chi connectivity index (χ1v) is 2.82. The van der Waals surface area contributed by atoms with Crippen LogP contribution in [0.2, 0.25) is 6.82 Å². The van der Waals surface area contributed by atoms with Crippen molar-refractivity contribution in [1.82, 2.24) is 0 Å². The lowest BCUT2D eigenvalue weighted by Crippen LogP contribution is -1.90. The highest BCUT2D eigenvalue weighted by Gasteiger charge is 1.93. The second kappa shape index (κ2) is 3.30. The number of hydrogen-bond donors (Lipinski definition) is 1. The van der Waals surface area contributed by atoms with Gasteiger partial charge in [0, 0.05) is 0 Å². The van der Waals surface area contributed by atoms with Crippen LogP contribution >= 0.6 is 35.3 Å². The van der Waals surface area contributed by atoms with Crippen LogP contribution in [-0.2, 0) is 4.10 Å². The average Bonchev–Trinajstić information content (AvgIpc) is 1.38. The highest BCUT2D eigenvalue weighted by atomic mass is 127. The minimum atomic E-state index is 0.218. The maximum atomic E-state index is 4.43. The zero-order valence-corrected chi connectivity index (χ0v) is 5.86. The lowest BCUT2D eigenvalue weighted by Gasteiger charge is -1.84. The second-order valence-electron chi connectivity index (χ2n) is 0.648. The van der Waals surface area contributed by atoms with Gasteiger partial charge >= 0.3 is 4.77 Å². The van der Waals surface area contributed by atoms with E-state index in [1.54, 1.807) is 0 Å². The quantitative estimate of drug-likeness (QED) is 0.292. The molecule has 0 saturated carbocycles. The highest BCUT2D eigenvalue weighted by Crippen LogP contribution is 1.95. The van der Waals surface area contributed by atoms with Crippen molar-refractivity contribution in [2.75, 3.05) is 0 Å². The third-order valence-electron chi connectivity index (χ3n) is 0.145. The van der Waals surface area contributed by atoms with Gasteiger partial charge in [-0.1, -0.05) is 0 Å². The maximum Gasteiger partial charge on any atom is 0.376 e. The Kier molecular flexibility index (Phi) is 4.03. The van der Waals surface area contributed by atoms with Crippen LogP contribution in [0.3, 0.4) is 0 Å². The average molecular weight is 202 g/mol. The Balaban J connectivity index is 2.54. The molecule has 0 aromatic carbocycles. The predicted molar refractivity (Wildman–Crippen MR) is 35.7 cm³/mol. The molecule has 0 rings (SSSR count). The Bertz CT molecular complexity index is 25.6. The molecule has 0 bridgehead atoms. The van der Waals surface area contributed by atoms with Gasteiger partial charge in [-0.3, -0.25) is 0 Å². The van der Waals surface area contributed by atoms with Crippen molar-refractivity contribution in [3.05, 3.63) is 0 Å². The van der Waals surface area contributed by atoms with Crippen LogP contribution in [0.4, 0.5) is 0 Å². The minimum Gasteiger partial charge on any atom is -0.364 e. The molecule has 0 N–H and O–H groups in total. The minimum absolute atomic E-state index is 0.218.